The second-order valence-corrected chi connectivity index (χ2v) is 9.57. The van der Waals surface area contributed by atoms with Gasteiger partial charge in [-0.05, 0) is 92.8 Å². The number of hydrogen-bond donors (Lipinski definition) is 4. The van der Waals surface area contributed by atoms with Crippen LogP contribution in [-0.2, 0) is 22.4 Å². The summed E-state index contributed by atoms with van der Waals surface area (Å²) >= 11 is 6.00. The normalized spacial score (nSPS) is 21.3. The molecule has 2 heterocycles. The average Bonchev–Trinajstić information content (AvgIpc) is 2.89. The van der Waals surface area contributed by atoms with E-state index in [0.717, 1.165) is 43.4 Å². The van der Waals surface area contributed by atoms with Gasteiger partial charge in [0.05, 0.1) is 12.6 Å². The standard InChI is InChI=1S/C27H36ClN3O4/c1-29-27(33)25-17-20-10-14-23(15-11-20)35-16-3-2-7-24(26(32)31-34)21(18-30-25)6-4-5-19-8-12-22(28)13-9-19/h8-15,21,24-25,30,34H,2-7,16-18H2,1H3,(H,29,33)(H,31,32)/t21-,24-,25-/m0/s1. The van der Waals surface area contributed by atoms with Crippen molar-refractivity contribution in [3.8, 4) is 5.75 Å². The Kier molecular flexibility index (Phi) is 10.8. The summed E-state index contributed by atoms with van der Waals surface area (Å²) in [7, 11) is 1.63. The van der Waals surface area contributed by atoms with E-state index in [0.29, 0.717) is 31.0 Å². The lowest BCUT2D eigenvalue weighted by Gasteiger charge is -2.28. The molecule has 0 aliphatic carbocycles. The lowest BCUT2D eigenvalue weighted by atomic mass is 9.83. The van der Waals surface area contributed by atoms with E-state index >= 15 is 0 Å². The maximum atomic E-state index is 12.7. The van der Waals surface area contributed by atoms with Crippen LogP contribution in [0.25, 0.3) is 0 Å². The number of fused-ring (bicyclic) bond motifs is 12. The van der Waals surface area contributed by atoms with Crippen molar-refractivity contribution in [3.05, 3.63) is 64.7 Å². The molecule has 35 heavy (non-hydrogen) atoms. The molecular formula is C27H36ClN3O4. The Balaban J connectivity index is 1.77. The second-order valence-electron chi connectivity index (χ2n) is 9.13. The topological polar surface area (TPSA) is 99.7 Å². The van der Waals surface area contributed by atoms with E-state index in [9.17, 15) is 14.8 Å². The summed E-state index contributed by atoms with van der Waals surface area (Å²) in [4.78, 5) is 25.3. The van der Waals surface area contributed by atoms with Crippen molar-refractivity contribution in [2.75, 3.05) is 20.2 Å². The molecular weight excluding hydrogens is 466 g/mol. The molecule has 4 N–H and O–H groups in total. The van der Waals surface area contributed by atoms with Crippen LogP contribution in [-0.4, -0.2) is 43.3 Å². The summed E-state index contributed by atoms with van der Waals surface area (Å²) in [6.45, 7) is 1.05. The van der Waals surface area contributed by atoms with Crippen LogP contribution in [0, 0.1) is 11.8 Å². The molecule has 0 radical (unpaired) electrons. The van der Waals surface area contributed by atoms with E-state index in [4.69, 9.17) is 16.3 Å². The maximum absolute atomic E-state index is 12.7. The molecule has 0 saturated heterocycles. The molecule has 0 aromatic heterocycles. The van der Waals surface area contributed by atoms with E-state index in [2.05, 4.69) is 10.6 Å². The zero-order valence-corrected chi connectivity index (χ0v) is 21.0. The van der Waals surface area contributed by atoms with Crippen LogP contribution in [0.4, 0.5) is 0 Å². The predicted octanol–water partition coefficient (Wildman–Crippen LogP) is 3.91. The molecule has 7 nitrogen and oxygen atoms in total. The van der Waals surface area contributed by atoms with Crippen LogP contribution >= 0.6 is 11.6 Å². The summed E-state index contributed by atoms with van der Waals surface area (Å²) in [5.41, 5.74) is 4.08. The van der Waals surface area contributed by atoms with Crippen molar-refractivity contribution in [1.82, 2.24) is 16.1 Å². The van der Waals surface area contributed by atoms with Crippen LogP contribution in [0.3, 0.4) is 0 Å². The third-order valence-corrected chi connectivity index (χ3v) is 6.95. The van der Waals surface area contributed by atoms with Gasteiger partial charge in [0.25, 0.3) is 0 Å². The van der Waals surface area contributed by atoms with Gasteiger partial charge in [0, 0.05) is 18.0 Å². The van der Waals surface area contributed by atoms with Gasteiger partial charge in [0.1, 0.15) is 5.75 Å². The minimum atomic E-state index is -0.437. The summed E-state index contributed by atoms with van der Waals surface area (Å²) < 4.78 is 5.85. The lowest BCUT2D eigenvalue weighted by molar-refractivity contribution is -0.135. The van der Waals surface area contributed by atoms with Gasteiger partial charge in [0.15, 0.2) is 0 Å². The lowest BCUT2D eigenvalue weighted by Crippen LogP contribution is -2.48. The predicted molar refractivity (Wildman–Crippen MR) is 137 cm³/mol. The van der Waals surface area contributed by atoms with Crippen LogP contribution in [0.5, 0.6) is 5.75 Å². The molecule has 0 unspecified atom stereocenters. The molecule has 3 atom stereocenters. The summed E-state index contributed by atoms with van der Waals surface area (Å²) in [6, 6.07) is 15.2. The molecule has 0 saturated carbocycles. The zero-order chi connectivity index (χ0) is 25.0. The van der Waals surface area contributed by atoms with Crippen molar-refractivity contribution < 1.29 is 19.5 Å². The van der Waals surface area contributed by atoms with Gasteiger partial charge in [0.2, 0.25) is 11.8 Å². The second kappa shape index (κ2) is 14.1. The smallest absolute Gasteiger partial charge is 0.246 e. The molecule has 2 aliphatic rings. The summed E-state index contributed by atoms with van der Waals surface area (Å²) in [6.07, 6.45) is 5.27. The van der Waals surface area contributed by atoms with Crippen LogP contribution < -0.4 is 20.9 Å². The number of halogens is 1. The van der Waals surface area contributed by atoms with Gasteiger partial charge in [-0.15, -0.1) is 0 Å². The van der Waals surface area contributed by atoms with Crippen molar-refractivity contribution in [3.63, 3.8) is 0 Å². The Morgan fingerprint density at radius 3 is 2.51 bits per heavy atom. The number of nitrogens with one attached hydrogen (secondary N) is 3. The molecule has 8 heteroatoms. The molecule has 0 fully saturated rings. The summed E-state index contributed by atoms with van der Waals surface area (Å²) in [5, 5.41) is 16.3. The van der Waals surface area contributed by atoms with Gasteiger partial charge in [-0.1, -0.05) is 35.9 Å². The SMILES string of the molecule is CNC(=O)[C@@H]1Cc2ccc(cc2)OCCCC[C@H](C(=O)NO)[C@@H](CCCc2ccc(Cl)cc2)CN1. The van der Waals surface area contributed by atoms with E-state index in [-0.39, 0.29) is 23.7 Å². The largest absolute Gasteiger partial charge is 0.494 e. The van der Waals surface area contributed by atoms with E-state index < -0.39 is 6.04 Å². The molecule has 2 aliphatic heterocycles. The van der Waals surface area contributed by atoms with E-state index in [1.165, 1.54) is 5.56 Å². The Bertz CT molecular complexity index is 936. The Hall–Kier alpha value is -2.61. The molecule has 2 aromatic carbocycles. The van der Waals surface area contributed by atoms with Gasteiger partial charge < -0.3 is 15.4 Å². The van der Waals surface area contributed by atoms with E-state index in [1.807, 2.05) is 54.0 Å². The third-order valence-electron chi connectivity index (χ3n) is 6.70. The van der Waals surface area contributed by atoms with Crippen LogP contribution in [0.2, 0.25) is 5.02 Å². The number of rotatable bonds is 6. The Labute approximate surface area is 212 Å². The fraction of sp³-hybridized carbons (Fsp3) is 0.481. The number of carbonyl (C=O) groups is 2. The van der Waals surface area contributed by atoms with Crippen LogP contribution in [0.1, 0.15) is 43.2 Å². The van der Waals surface area contributed by atoms with Gasteiger partial charge in [-0.25, -0.2) is 5.48 Å². The minimum Gasteiger partial charge on any atom is -0.494 e. The number of hydrogen-bond acceptors (Lipinski definition) is 5. The summed E-state index contributed by atoms with van der Waals surface area (Å²) in [5.74, 6) is -0.108. The third kappa shape index (κ3) is 8.53. The van der Waals surface area contributed by atoms with Crippen molar-refractivity contribution >= 4 is 23.4 Å². The first kappa shape index (κ1) is 27.0. The molecule has 190 valence electrons. The molecule has 2 bridgehead atoms. The van der Waals surface area contributed by atoms with Gasteiger partial charge in [-0.3, -0.25) is 14.8 Å². The van der Waals surface area contributed by atoms with Crippen molar-refractivity contribution in [2.24, 2.45) is 11.8 Å². The van der Waals surface area contributed by atoms with Crippen molar-refractivity contribution in [1.29, 1.82) is 0 Å². The minimum absolute atomic E-state index is 0.0468. The quantitative estimate of drug-likeness (QED) is 0.355. The highest BCUT2D eigenvalue weighted by Crippen LogP contribution is 2.26. The van der Waals surface area contributed by atoms with Gasteiger partial charge >= 0.3 is 0 Å². The molecule has 2 amide bonds. The maximum Gasteiger partial charge on any atom is 0.246 e. The molecule has 0 spiro atoms. The zero-order valence-electron chi connectivity index (χ0n) is 20.3. The first-order chi connectivity index (χ1) is 17.0. The first-order valence-electron chi connectivity index (χ1n) is 12.3. The molecule has 4 rings (SSSR count). The monoisotopic (exact) mass is 501 g/mol. The molecule has 2 aromatic rings. The Morgan fingerprint density at radius 2 is 1.83 bits per heavy atom. The average molecular weight is 502 g/mol. The fourth-order valence-corrected chi connectivity index (χ4v) is 4.79. The number of ether oxygens (including phenoxy) is 1. The number of carbonyl (C=O) groups excluding carboxylic acids is 2. The van der Waals surface area contributed by atoms with Crippen molar-refractivity contribution in [2.45, 2.75) is 51.0 Å². The fourth-order valence-electron chi connectivity index (χ4n) is 4.67. The number of amides is 2. The highest BCUT2D eigenvalue weighted by atomic mass is 35.5. The Morgan fingerprint density at radius 1 is 1.09 bits per heavy atom. The highest BCUT2D eigenvalue weighted by molar-refractivity contribution is 6.30. The number of hydroxylamine groups is 1. The number of aryl methyl sites for hydroxylation is 1. The highest BCUT2D eigenvalue weighted by Gasteiger charge is 2.29. The number of likely N-dealkylation sites (N-methyl/N-ethyl adjacent to an activating group) is 1. The van der Waals surface area contributed by atoms with Gasteiger partial charge in [-0.2, -0.15) is 0 Å². The van der Waals surface area contributed by atoms with Crippen LogP contribution in [0.15, 0.2) is 48.5 Å². The number of benzene rings is 2. The van der Waals surface area contributed by atoms with E-state index in [1.54, 1.807) is 7.05 Å². The first-order valence-corrected chi connectivity index (χ1v) is 12.7.